The van der Waals surface area contributed by atoms with Crippen LogP contribution in [0.2, 0.25) is 0 Å². The van der Waals surface area contributed by atoms with Gasteiger partial charge in [0.15, 0.2) is 11.5 Å². The zero-order valence-electron chi connectivity index (χ0n) is 14.2. The summed E-state index contributed by atoms with van der Waals surface area (Å²) in [4.78, 5) is 7.55. The summed E-state index contributed by atoms with van der Waals surface area (Å²) in [6.07, 6.45) is 0. The molecule has 2 aromatic rings. The molecule has 0 saturated carbocycles. The third kappa shape index (κ3) is 2.68. The van der Waals surface area contributed by atoms with Crippen LogP contribution in [0.5, 0.6) is 0 Å². The van der Waals surface area contributed by atoms with E-state index in [1.54, 1.807) is 0 Å². The van der Waals surface area contributed by atoms with Crippen molar-refractivity contribution in [2.75, 3.05) is 44.2 Å². The van der Waals surface area contributed by atoms with Gasteiger partial charge in [0.2, 0.25) is 0 Å². The molecule has 4 rings (SSSR count). The first kappa shape index (κ1) is 14.8. The van der Waals surface area contributed by atoms with E-state index < -0.39 is 0 Å². The van der Waals surface area contributed by atoms with Crippen LogP contribution in [0.1, 0.15) is 19.7 Å². The third-order valence-electron chi connectivity index (χ3n) is 5.19. The molecule has 2 fully saturated rings. The smallest absolute Gasteiger partial charge is 0.178 e. The Balaban J connectivity index is 1.36. The van der Waals surface area contributed by atoms with E-state index in [-0.39, 0.29) is 0 Å². The average Bonchev–Trinajstić information content (AvgIpc) is 2.88. The number of hydrogen-bond donors (Lipinski definition) is 0. The normalized spacial score (nSPS) is 21.3. The summed E-state index contributed by atoms with van der Waals surface area (Å²) in [5, 5.41) is 12.8. The van der Waals surface area contributed by atoms with Crippen molar-refractivity contribution in [3.63, 3.8) is 0 Å². The molecule has 2 aliphatic rings. The quantitative estimate of drug-likeness (QED) is 0.829. The molecule has 7 heteroatoms. The van der Waals surface area contributed by atoms with E-state index in [0.717, 1.165) is 30.4 Å². The van der Waals surface area contributed by atoms with Crippen LogP contribution < -0.4 is 4.90 Å². The highest BCUT2D eigenvalue weighted by molar-refractivity contribution is 5.47. The van der Waals surface area contributed by atoms with Gasteiger partial charge < -0.3 is 4.90 Å². The van der Waals surface area contributed by atoms with Crippen molar-refractivity contribution >= 4 is 11.5 Å². The second kappa shape index (κ2) is 5.72. The molecule has 0 spiro atoms. The van der Waals surface area contributed by atoms with Gasteiger partial charge in [-0.1, -0.05) is 0 Å². The molecule has 0 bridgehead atoms. The fourth-order valence-corrected chi connectivity index (χ4v) is 3.55. The lowest BCUT2D eigenvalue weighted by Crippen LogP contribution is -2.63. The maximum atomic E-state index is 4.66. The van der Waals surface area contributed by atoms with Gasteiger partial charge in [0.1, 0.15) is 5.82 Å². The summed E-state index contributed by atoms with van der Waals surface area (Å²) in [5.41, 5.74) is 0.813. The lowest BCUT2D eigenvalue weighted by Gasteiger charge is -2.49. The van der Waals surface area contributed by atoms with Gasteiger partial charge >= 0.3 is 0 Å². The van der Waals surface area contributed by atoms with Crippen molar-refractivity contribution in [1.82, 2.24) is 29.6 Å². The van der Waals surface area contributed by atoms with Crippen LogP contribution in [-0.4, -0.2) is 81.0 Å². The van der Waals surface area contributed by atoms with E-state index in [2.05, 4.69) is 49.9 Å². The molecule has 0 aliphatic carbocycles. The monoisotopic (exact) mass is 315 g/mol. The zero-order valence-corrected chi connectivity index (χ0v) is 14.2. The van der Waals surface area contributed by atoms with E-state index in [1.807, 2.05) is 17.5 Å². The van der Waals surface area contributed by atoms with Crippen molar-refractivity contribution in [1.29, 1.82) is 0 Å². The van der Waals surface area contributed by atoms with Crippen molar-refractivity contribution < 1.29 is 0 Å². The summed E-state index contributed by atoms with van der Waals surface area (Å²) in [6, 6.07) is 5.38. The minimum absolute atomic E-state index is 0.665. The van der Waals surface area contributed by atoms with Crippen molar-refractivity contribution in [3.8, 4) is 0 Å². The predicted molar refractivity (Wildman–Crippen MR) is 89.8 cm³/mol. The van der Waals surface area contributed by atoms with Crippen LogP contribution in [0.25, 0.3) is 5.65 Å². The van der Waals surface area contributed by atoms with Gasteiger partial charge in [-0.2, -0.15) is 4.52 Å². The molecule has 0 radical (unpaired) electrons. The maximum absolute atomic E-state index is 4.66. The van der Waals surface area contributed by atoms with E-state index in [9.17, 15) is 0 Å². The first-order valence-electron chi connectivity index (χ1n) is 8.54. The molecule has 4 heterocycles. The number of aromatic nitrogens is 4. The minimum Gasteiger partial charge on any atom is -0.352 e. The van der Waals surface area contributed by atoms with Gasteiger partial charge in [-0.15, -0.1) is 15.3 Å². The Kier molecular flexibility index (Phi) is 3.69. The second-order valence-corrected chi connectivity index (χ2v) is 6.93. The van der Waals surface area contributed by atoms with E-state index >= 15 is 0 Å². The molecule has 2 aromatic heterocycles. The molecule has 23 heavy (non-hydrogen) atoms. The third-order valence-corrected chi connectivity index (χ3v) is 5.19. The Bertz CT molecular complexity index is 681. The van der Waals surface area contributed by atoms with Crippen molar-refractivity contribution in [2.24, 2.45) is 0 Å². The predicted octanol–water partition coefficient (Wildman–Crippen LogP) is 0.647. The summed E-state index contributed by atoms with van der Waals surface area (Å²) < 4.78 is 1.82. The Labute approximate surface area is 136 Å². The molecule has 0 amide bonds. The second-order valence-electron chi connectivity index (χ2n) is 6.93. The van der Waals surface area contributed by atoms with Crippen molar-refractivity contribution in [2.45, 2.75) is 32.9 Å². The zero-order chi connectivity index (χ0) is 16.0. The maximum Gasteiger partial charge on any atom is 0.178 e. The average molecular weight is 315 g/mol. The first-order valence-corrected chi connectivity index (χ1v) is 8.54. The van der Waals surface area contributed by atoms with Crippen LogP contribution in [0, 0.1) is 6.92 Å². The molecule has 2 aliphatic heterocycles. The number of rotatable bonds is 3. The highest BCUT2D eigenvalue weighted by atomic mass is 15.4. The summed E-state index contributed by atoms with van der Waals surface area (Å²) in [7, 11) is 0. The van der Waals surface area contributed by atoms with Crippen molar-refractivity contribution in [3.05, 3.63) is 18.0 Å². The number of nitrogens with zero attached hydrogens (tertiary/aromatic N) is 7. The van der Waals surface area contributed by atoms with E-state index in [0.29, 0.717) is 12.1 Å². The van der Waals surface area contributed by atoms with Gasteiger partial charge in [0.25, 0.3) is 0 Å². The van der Waals surface area contributed by atoms with Crippen LogP contribution in [0.4, 0.5) is 5.82 Å². The van der Waals surface area contributed by atoms with Crippen LogP contribution in [-0.2, 0) is 0 Å². The lowest BCUT2D eigenvalue weighted by molar-refractivity contribution is 0.0676. The van der Waals surface area contributed by atoms with E-state index in [1.165, 1.54) is 26.2 Å². The number of aryl methyl sites for hydroxylation is 1. The SMILES string of the molecule is Cc1nnc2ccc(N3CC(N4CCN(C(C)C)CC4)C3)nn12. The van der Waals surface area contributed by atoms with E-state index in [4.69, 9.17) is 0 Å². The van der Waals surface area contributed by atoms with Crippen LogP contribution >= 0.6 is 0 Å². The first-order chi connectivity index (χ1) is 11.1. The van der Waals surface area contributed by atoms with Gasteiger partial charge in [-0.3, -0.25) is 9.80 Å². The number of anilines is 1. The van der Waals surface area contributed by atoms with Gasteiger partial charge in [0.05, 0.1) is 0 Å². The topological polar surface area (TPSA) is 52.8 Å². The molecule has 7 nitrogen and oxygen atoms in total. The Hall–Kier alpha value is -1.73. The summed E-state index contributed by atoms with van der Waals surface area (Å²) >= 11 is 0. The number of piperazine rings is 1. The lowest BCUT2D eigenvalue weighted by atomic mass is 10.1. The van der Waals surface area contributed by atoms with Gasteiger partial charge in [-0.05, 0) is 32.9 Å². The molecule has 0 aromatic carbocycles. The van der Waals surface area contributed by atoms with Gasteiger partial charge in [0, 0.05) is 51.4 Å². The number of fused-ring (bicyclic) bond motifs is 1. The highest BCUT2D eigenvalue weighted by Gasteiger charge is 2.34. The number of hydrogen-bond acceptors (Lipinski definition) is 6. The molecule has 0 unspecified atom stereocenters. The standard InChI is InChI=1S/C16H25N7/c1-12(2)20-6-8-21(9-7-20)14-10-22(11-14)16-5-4-15-18-17-13(3)23(15)19-16/h4-5,12,14H,6-11H2,1-3H3. The fourth-order valence-electron chi connectivity index (χ4n) is 3.55. The molecule has 0 atom stereocenters. The Morgan fingerprint density at radius 3 is 2.48 bits per heavy atom. The summed E-state index contributed by atoms with van der Waals surface area (Å²) in [5.74, 6) is 1.86. The fraction of sp³-hybridized carbons (Fsp3) is 0.688. The molecule has 2 saturated heterocycles. The molecular weight excluding hydrogens is 290 g/mol. The molecule has 124 valence electrons. The van der Waals surface area contributed by atoms with Crippen LogP contribution in [0.3, 0.4) is 0 Å². The largest absolute Gasteiger partial charge is 0.352 e. The minimum atomic E-state index is 0.665. The summed E-state index contributed by atoms with van der Waals surface area (Å²) in [6.45, 7) is 13.4. The molecular formula is C16H25N7. The highest BCUT2D eigenvalue weighted by Crippen LogP contribution is 2.23. The Morgan fingerprint density at radius 1 is 1.04 bits per heavy atom. The van der Waals surface area contributed by atoms with Gasteiger partial charge in [-0.25, -0.2) is 0 Å². The van der Waals surface area contributed by atoms with Crippen LogP contribution in [0.15, 0.2) is 12.1 Å². The molecule has 0 N–H and O–H groups in total. The Morgan fingerprint density at radius 2 is 1.78 bits per heavy atom.